The van der Waals surface area contributed by atoms with Crippen molar-refractivity contribution in [2.75, 3.05) is 0 Å². The zero-order chi connectivity index (χ0) is 14.2. The van der Waals surface area contributed by atoms with Crippen molar-refractivity contribution in [2.45, 2.75) is 40.0 Å². The fraction of sp³-hybridized carbons (Fsp3) is 0.375. The van der Waals surface area contributed by atoms with Crippen LogP contribution in [0.5, 0.6) is 0 Å². The second-order valence-corrected chi connectivity index (χ2v) is 5.91. The summed E-state index contributed by atoms with van der Waals surface area (Å²) in [5, 5.41) is 3.80. The van der Waals surface area contributed by atoms with Gasteiger partial charge in [0.25, 0.3) is 0 Å². The number of hydrogen-bond acceptors (Lipinski definition) is 3. The first-order valence-electron chi connectivity index (χ1n) is 6.38. The number of carbonyl (C=O) groups excluding carboxylic acids is 1. The number of nitrogens with zero attached hydrogens (tertiary/aromatic N) is 1. The molecule has 0 aliphatic carbocycles. The van der Waals surface area contributed by atoms with Crippen LogP contribution in [0.4, 0.5) is 0 Å². The highest BCUT2D eigenvalue weighted by atomic mass is 16.5. The summed E-state index contributed by atoms with van der Waals surface area (Å²) < 4.78 is 5.29. The van der Waals surface area contributed by atoms with E-state index in [1.807, 2.05) is 6.92 Å². The van der Waals surface area contributed by atoms with Crippen molar-refractivity contribution in [2.24, 2.45) is 0 Å². The smallest absolute Gasteiger partial charge is 0.181 e. The first-order chi connectivity index (χ1) is 8.79. The Hall–Kier alpha value is -1.90. The number of Topliss-reactive ketones (excluding diaryl/α,β-unsaturated/α-hetero) is 1. The molecule has 1 aromatic carbocycles. The third kappa shape index (κ3) is 2.75. The van der Waals surface area contributed by atoms with E-state index in [2.05, 4.69) is 44.1 Å². The molecule has 2 aromatic rings. The van der Waals surface area contributed by atoms with Crippen LogP contribution >= 0.6 is 0 Å². The van der Waals surface area contributed by atoms with Gasteiger partial charge >= 0.3 is 0 Å². The molecular formula is C16H19NO2. The van der Waals surface area contributed by atoms with Gasteiger partial charge in [-0.3, -0.25) is 4.79 Å². The van der Waals surface area contributed by atoms with Crippen LogP contribution in [0.25, 0.3) is 11.3 Å². The largest absolute Gasteiger partial charge is 0.356 e. The van der Waals surface area contributed by atoms with Gasteiger partial charge in [0, 0.05) is 18.6 Å². The first kappa shape index (κ1) is 13.5. The molecule has 19 heavy (non-hydrogen) atoms. The lowest BCUT2D eigenvalue weighted by molar-refractivity contribution is 0.100. The Morgan fingerprint density at radius 2 is 1.89 bits per heavy atom. The lowest BCUT2D eigenvalue weighted by Gasteiger charge is -2.20. The molecule has 1 aromatic heterocycles. The SMILES string of the molecule is CC(=O)c1cc(-c2cc(C(C)(C)C)ccc2C)on1. The Morgan fingerprint density at radius 3 is 2.42 bits per heavy atom. The van der Waals surface area contributed by atoms with E-state index in [1.165, 1.54) is 12.5 Å². The standard InChI is InChI=1S/C16H19NO2/c1-10-6-7-12(16(3,4)5)8-13(10)15-9-14(11(2)18)17-19-15/h6-9H,1-5H3. The van der Waals surface area contributed by atoms with Gasteiger partial charge in [-0.15, -0.1) is 0 Å². The lowest BCUT2D eigenvalue weighted by atomic mass is 9.85. The van der Waals surface area contributed by atoms with Gasteiger partial charge in [0.2, 0.25) is 0 Å². The highest BCUT2D eigenvalue weighted by molar-refractivity contribution is 5.92. The van der Waals surface area contributed by atoms with Crippen molar-refractivity contribution in [1.82, 2.24) is 5.16 Å². The number of hydrogen-bond donors (Lipinski definition) is 0. The zero-order valence-corrected chi connectivity index (χ0v) is 12.1. The minimum absolute atomic E-state index is 0.0753. The maximum Gasteiger partial charge on any atom is 0.181 e. The summed E-state index contributed by atoms with van der Waals surface area (Å²) >= 11 is 0. The van der Waals surface area contributed by atoms with Crippen LogP contribution in [-0.2, 0) is 5.41 Å². The fourth-order valence-electron chi connectivity index (χ4n) is 1.92. The van der Waals surface area contributed by atoms with Crippen molar-refractivity contribution >= 4 is 5.78 Å². The van der Waals surface area contributed by atoms with Crippen molar-refractivity contribution in [1.29, 1.82) is 0 Å². The quantitative estimate of drug-likeness (QED) is 0.759. The van der Waals surface area contributed by atoms with Gasteiger partial charge in [0.15, 0.2) is 11.5 Å². The molecule has 0 unspecified atom stereocenters. The summed E-state index contributed by atoms with van der Waals surface area (Å²) in [7, 11) is 0. The summed E-state index contributed by atoms with van der Waals surface area (Å²) in [6, 6.07) is 8.02. The maximum atomic E-state index is 11.3. The van der Waals surface area contributed by atoms with Crippen LogP contribution in [0, 0.1) is 6.92 Å². The van der Waals surface area contributed by atoms with E-state index in [1.54, 1.807) is 6.07 Å². The third-order valence-electron chi connectivity index (χ3n) is 3.24. The number of carbonyl (C=O) groups is 1. The summed E-state index contributed by atoms with van der Waals surface area (Å²) in [6.07, 6.45) is 0. The van der Waals surface area contributed by atoms with Gasteiger partial charge in [0.05, 0.1) is 0 Å². The first-order valence-corrected chi connectivity index (χ1v) is 6.38. The molecule has 3 heteroatoms. The van der Waals surface area contributed by atoms with Crippen LogP contribution in [0.15, 0.2) is 28.8 Å². The molecule has 0 fully saturated rings. The molecule has 100 valence electrons. The van der Waals surface area contributed by atoms with Gasteiger partial charge in [-0.25, -0.2) is 0 Å². The molecule has 0 bridgehead atoms. The number of aryl methyl sites for hydroxylation is 1. The molecule has 0 saturated carbocycles. The average molecular weight is 257 g/mol. The van der Waals surface area contributed by atoms with Crippen LogP contribution in [0.1, 0.15) is 49.3 Å². The molecule has 0 aliphatic rings. The minimum Gasteiger partial charge on any atom is -0.356 e. The molecule has 0 saturated heterocycles. The predicted octanol–water partition coefficient (Wildman–Crippen LogP) is 4.15. The van der Waals surface area contributed by atoms with Crippen molar-refractivity contribution < 1.29 is 9.32 Å². The molecule has 0 atom stereocenters. The van der Waals surface area contributed by atoms with Crippen LogP contribution in [0.3, 0.4) is 0 Å². The van der Waals surface area contributed by atoms with E-state index >= 15 is 0 Å². The molecule has 0 spiro atoms. The third-order valence-corrected chi connectivity index (χ3v) is 3.24. The average Bonchev–Trinajstić information content (AvgIpc) is 2.77. The topological polar surface area (TPSA) is 43.1 Å². The Bertz CT molecular complexity index is 618. The second-order valence-electron chi connectivity index (χ2n) is 5.91. The zero-order valence-electron chi connectivity index (χ0n) is 12.1. The molecule has 0 amide bonds. The second kappa shape index (κ2) is 4.65. The minimum atomic E-state index is -0.0837. The van der Waals surface area contributed by atoms with E-state index in [-0.39, 0.29) is 11.2 Å². The van der Waals surface area contributed by atoms with E-state index in [0.29, 0.717) is 11.5 Å². The summed E-state index contributed by atoms with van der Waals surface area (Å²) in [5.74, 6) is 0.563. The van der Waals surface area contributed by atoms with Gasteiger partial charge < -0.3 is 4.52 Å². The summed E-state index contributed by atoms with van der Waals surface area (Å²) in [5.41, 5.74) is 3.78. The Kier molecular flexibility index (Phi) is 3.31. The highest BCUT2D eigenvalue weighted by Crippen LogP contribution is 2.30. The lowest BCUT2D eigenvalue weighted by Crippen LogP contribution is -2.11. The van der Waals surface area contributed by atoms with Gasteiger partial charge in [0.1, 0.15) is 5.69 Å². The fourth-order valence-corrected chi connectivity index (χ4v) is 1.92. The van der Waals surface area contributed by atoms with E-state index in [9.17, 15) is 4.79 Å². The Balaban J connectivity index is 2.51. The number of aromatic nitrogens is 1. The van der Waals surface area contributed by atoms with Gasteiger partial charge in [-0.2, -0.15) is 0 Å². The molecule has 1 heterocycles. The van der Waals surface area contributed by atoms with Crippen molar-refractivity contribution in [3.8, 4) is 11.3 Å². The van der Waals surface area contributed by atoms with E-state index < -0.39 is 0 Å². The Morgan fingerprint density at radius 1 is 1.21 bits per heavy atom. The number of benzene rings is 1. The molecule has 0 radical (unpaired) electrons. The van der Waals surface area contributed by atoms with Gasteiger partial charge in [-0.05, 0) is 29.5 Å². The number of ketones is 1. The van der Waals surface area contributed by atoms with Crippen LogP contribution in [0.2, 0.25) is 0 Å². The predicted molar refractivity (Wildman–Crippen MR) is 75.4 cm³/mol. The number of rotatable bonds is 2. The molecule has 3 nitrogen and oxygen atoms in total. The maximum absolute atomic E-state index is 11.3. The monoisotopic (exact) mass is 257 g/mol. The van der Waals surface area contributed by atoms with Crippen molar-refractivity contribution in [3.63, 3.8) is 0 Å². The van der Waals surface area contributed by atoms with Crippen LogP contribution in [-0.4, -0.2) is 10.9 Å². The van der Waals surface area contributed by atoms with E-state index in [0.717, 1.165) is 11.1 Å². The van der Waals surface area contributed by atoms with Crippen molar-refractivity contribution in [3.05, 3.63) is 41.1 Å². The van der Waals surface area contributed by atoms with Gasteiger partial charge in [-0.1, -0.05) is 38.1 Å². The molecular weight excluding hydrogens is 238 g/mol. The molecule has 0 N–H and O–H groups in total. The Labute approximate surface area is 113 Å². The summed E-state index contributed by atoms with van der Waals surface area (Å²) in [6.45, 7) is 10.0. The van der Waals surface area contributed by atoms with E-state index in [4.69, 9.17) is 4.52 Å². The normalized spacial score (nSPS) is 11.6. The summed E-state index contributed by atoms with van der Waals surface area (Å²) in [4.78, 5) is 11.3. The van der Waals surface area contributed by atoms with Crippen LogP contribution < -0.4 is 0 Å². The molecule has 2 rings (SSSR count). The highest BCUT2D eigenvalue weighted by Gasteiger charge is 2.17. The molecule has 0 aliphatic heterocycles.